The summed E-state index contributed by atoms with van der Waals surface area (Å²) in [5.74, 6) is 0. The van der Waals surface area contributed by atoms with Crippen molar-refractivity contribution < 1.29 is 9.59 Å². The van der Waals surface area contributed by atoms with Crippen LogP contribution in [0.3, 0.4) is 0 Å². The first-order valence-corrected chi connectivity index (χ1v) is 12.8. The van der Waals surface area contributed by atoms with Crippen LogP contribution in [0.25, 0.3) is 33.3 Å². The number of benzene rings is 2. The van der Waals surface area contributed by atoms with Crippen LogP contribution < -0.4 is 11.2 Å². The lowest BCUT2D eigenvalue weighted by Gasteiger charge is -2.32. The molecule has 0 saturated carbocycles. The van der Waals surface area contributed by atoms with E-state index in [2.05, 4.69) is 65.6 Å². The molecule has 4 aromatic rings. The van der Waals surface area contributed by atoms with Crippen molar-refractivity contribution in [3.63, 3.8) is 0 Å². The molecule has 1 fully saturated rings. The van der Waals surface area contributed by atoms with Gasteiger partial charge in [0.1, 0.15) is 11.8 Å². The van der Waals surface area contributed by atoms with E-state index in [0.717, 1.165) is 55.1 Å². The van der Waals surface area contributed by atoms with Crippen LogP contribution in [-0.4, -0.2) is 72.3 Å². The molecule has 0 unspecified atom stereocenters. The van der Waals surface area contributed by atoms with Gasteiger partial charge in [0.2, 0.25) is 6.41 Å². The fourth-order valence-corrected chi connectivity index (χ4v) is 4.39. The molecule has 0 amide bonds. The van der Waals surface area contributed by atoms with E-state index >= 15 is 0 Å². The average molecular weight is 525 g/mol. The Balaban J connectivity index is 0.000000644. The Bertz CT molecular complexity index is 1430. The van der Waals surface area contributed by atoms with Gasteiger partial charge in [0.25, 0.3) is 0 Å². The first kappa shape index (κ1) is 29.3. The summed E-state index contributed by atoms with van der Waals surface area (Å²) in [6.45, 7) is 8.49. The molecule has 0 atom stereocenters. The van der Waals surface area contributed by atoms with Crippen molar-refractivity contribution >= 4 is 23.6 Å². The third kappa shape index (κ3) is 7.42. The maximum atomic E-state index is 11.3. The van der Waals surface area contributed by atoms with Crippen LogP contribution in [0.1, 0.15) is 5.56 Å². The van der Waals surface area contributed by atoms with Crippen LogP contribution >= 0.6 is 0 Å². The van der Waals surface area contributed by atoms with E-state index in [4.69, 9.17) is 15.2 Å². The van der Waals surface area contributed by atoms with E-state index in [1.807, 2.05) is 24.3 Å². The molecule has 202 valence electrons. The van der Waals surface area contributed by atoms with E-state index in [1.165, 1.54) is 23.3 Å². The molecule has 3 heterocycles. The molecule has 8 nitrogen and oxygen atoms in total. The van der Waals surface area contributed by atoms with E-state index in [9.17, 15) is 4.79 Å². The number of hydrogen-bond donors (Lipinski definition) is 2. The van der Waals surface area contributed by atoms with Crippen LogP contribution in [0, 0.1) is 5.41 Å². The van der Waals surface area contributed by atoms with Gasteiger partial charge in [0, 0.05) is 55.4 Å². The number of piperazine rings is 1. The molecule has 39 heavy (non-hydrogen) atoms. The average Bonchev–Trinajstić information content (AvgIpc) is 3.00. The zero-order valence-electron chi connectivity index (χ0n) is 22.6. The highest BCUT2D eigenvalue weighted by molar-refractivity contribution is 5.91. The summed E-state index contributed by atoms with van der Waals surface area (Å²) in [4.78, 5) is 30.2. The van der Waals surface area contributed by atoms with Crippen molar-refractivity contribution in [2.75, 3.05) is 40.3 Å². The van der Waals surface area contributed by atoms with Crippen LogP contribution in [0.2, 0.25) is 0 Å². The molecule has 1 aliphatic heterocycles. The van der Waals surface area contributed by atoms with E-state index in [-0.39, 0.29) is 5.49 Å². The third-order valence-electron chi connectivity index (χ3n) is 6.48. The number of carbonyl (C=O) groups is 2. The minimum atomic E-state index is 0.140. The van der Waals surface area contributed by atoms with Crippen molar-refractivity contribution in [2.45, 2.75) is 6.54 Å². The summed E-state index contributed by atoms with van der Waals surface area (Å²) in [6.07, 6.45) is 4.08. The quantitative estimate of drug-likeness (QED) is 0.295. The molecule has 0 aliphatic carbocycles. The molecular formula is C31H36N6O2. The fourth-order valence-electron chi connectivity index (χ4n) is 4.39. The Labute approximate surface area is 229 Å². The number of likely N-dealkylation sites (N-methyl/N-ethyl adjacent to an activating group) is 1. The normalized spacial score (nSPS) is 13.4. The van der Waals surface area contributed by atoms with Crippen molar-refractivity contribution in [1.82, 2.24) is 19.4 Å². The van der Waals surface area contributed by atoms with Gasteiger partial charge in [-0.2, -0.15) is 0 Å². The van der Waals surface area contributed by atoms with Gasteiger partial charge in [-0.1, -0.05) is 61.2 Å². The van der Waals surface area contributed by atoms with Gasteiger partial charge >= 0.3 is 0 Å². The van der Waals surface area contributed by atoms with Gasteiger partial charge in [-0.3, -0.25) is 24.5 Å². The summed E-state index contributed by atoms with van der Waals surface area (Å²) < 4.78 is 1.27. The smallest absolute Gasteiger partial charge is 0.219 e. The zero-order valence-corrected chi connectivity index (χ0v) is 22.6. The molecule has 8 heteroatoms. The Morgan fingerprint density at radius 1 is 0.949 bits per heavy atom. The Morgan fingerprint density at radius 3 is 2.18 bits per heavy atom. The molecule has 2 aromatic carbocycles. The fraction of sp³-hybridized carbons (Fsp3) is 0.226. The largest absolute Gasteiger partial charge is 0.333 e. The van der Waals surface area contributed by atoms with Crippen molar-refractivity contribution in [3.05, 3.63) is 96.6 Å². The first-order valence-electron chi connectivity index (χ1n) is 12.8. The lowest BCUT2D eigenvalue weighted by atomic mass is 9.97. The van der Waals surface area contributed by atoms with E-state index in [0.29, 0.717) is 23.6 Å². The Kier molecular flexibility index (Phi) is 11.0. The van der Waals surface area contributed by atoms with Crippen molar-refractivity contribution in [3.8, 4) is 22.4 Å². The third-order valence-corrected chi connectivity index (χ3v) is 6.48. The number of nitrogens with two attached hydrogens (primary N) is 1. The zero-order chi connectivity index (χ0) is 28.2. The lowest BCUT2D eigenvalue weighted by Crippen LogP contribution is -2.43. The van der Waals surface area contributed by atoms with E-state index in [1.54, 1.807) is 12.3 Å². The monoisotopic (exact) mass is 524 g/mol. The lowest BCUT2D eigenvalue weighted by molar-refractivity contribution is -0.104. The highest BCUT2D eigenvalue weighted by Gasteiger charge is 2.15. The number of aldehydes is 1. The second kappa shape index (κ2) is 14.6. The predicted octanol–water partition coefficient (Wildman–Crippen LogP) is 3.58. The van der Waals surface area contributed by atoms with Gasteiger partial charge in [-0.25, -0.2) is 4.98 Å². The van der Waals surface area contributed by atoms with Crippen LogP contribution in [0.5, 0.6) is 0 Å². The molecule has 5 rings (SSSR count). The second-order valence-electron chi connectivity index (χ2n) is 9.01. The molecule has 0 bridgehead atoms. The van der Waals surface area contributed by atoms with Crippen LogP contribution in [-0.2, 0) is 16.1 Å². The minimum Gasteiger partial charge on any atom is -0.333 e. The number of fused-ring (bicyclic) bond motifs is 1. The van der Waals surface area contributed by atoms with Crippen LogP contribution in [0.4, 0.5) is 0 Å². The van der Waals surface area contributed by atoms with Crippen LogP contribution in [0.15, 0.2) is 85.6 Å². The topological polar surface area (TPSA) is 108 Å². The Morgan fingerprint density at radius 2 is 1.59 bits per heavy atom. The molecular weight excluding hydrogens is 488 g/mol. The maximum absolute atomic E-state index is 11.3. The predicted molar refractivity (Wildman–Crippen MR) is 158 cm³/mol. The Hall–Kier alpha value is -4.24. The number of rotatable bonds is 6. The SMILES string of the molecule is C=CC=O.CN.CN1CCN(Cc2ccc(-c3nc4ccn(C=O)c(=N)c4cc3-c3ccccc3)cc2)CC1. The van der Waals surface area contributed by atoms with Gasteiger partial charge in [0.05, 0.1) is 11.2 Å². The van der Waals surface area contributed by atoms with Gasteiger partial charge in [0.15, 0.2) is 0 Å². The van der Waals surface area contributed by atoms with E-state index < -0.39 is 0 Å². The molecule has 0 radical (unpaired) electrons. The number of nitrogens with one attached hydrogen (secondary N) is 1. The number of pyridine rings is 2. The highest BCUT2D eigenvalue weighted by Crippen LogP contribution is 2.32. The summed E-state index contributed by atoms with van der Waals surface area (Å²) in [6, 6.07) is 22.5. The highest BCUT2D eigenvalue weighted by atomic mass is 16.1. The molecule has 2 aromatic heterocycles. The number of carbonyl (C=O) groups excluding carboxylic acids is 2. The summed E-state index contributed by atoms with van der Waals surface area (Å²) >= 11 is 0. The molecule has 3 N–H and O–H groups in total. The summed E-state index contributed by atoms with van der Waals surface area (Å²) in [5.41, 5.74) is 10.5. The molecule has 0 spiro atoms. The molecule has 1 aliphatic rings. The van der Waals surface area contributed by atoms with Crippen molar-refractivity contribution in [2.24, 2.45) is 5.73 Å². The number of allylic oxidation sites excluding steroid dienone is 1. The number of aromatic nitrogens is 2. The standard InChI is InChI=1S/C27H27N5O.C3H4O.CH5N/c1-30-13-15-31(16-14-30)18-20-7-9-22(10-8-20)26-23(21-5-3-2-4-6-21)17-24-25(29-26)11-12-32(19-33)27(24)28;1-2-3-4;1-2/h2-12,17,19,28H,13-16,18H2,1H3;2-3H,1H2;2H2,1H3. The number of hydrogen-bond acceptors (Lipinski definition) is 7. The molecule has 1 saturated heterocycles. The summed E-state index contributed by atoms with van der Waals surface area (Å²) in [5, 5.41) is 9.07. The van der Waals surface area contributed by atoms with Gasteiger partial charge in [-0.05, 0) is 43.4 Å². The number of nitrogens with zero attached hydrogens (tertiary/aromatic N) is 4. The minimum absolute atomic E-state index is 0.140. The van der Waals surface area contributed by atoms with Gasteiger partial charge in [-0.15, -0.1) is 0 Å². The first-order chi connectivity index (χ1) is 19.0. The van der Waals surface area contributed by atoms with Gasteiger partial charge < -0.3 is 10.6 Å². The maximum Gasteiger partial charge on any atom is 0.219 e. The van der Waals surface area contributed by atoms with Crippen molar-refractivity contribution in [1.29, 1.82) is 5.41 Å². The second-order valence-corrected chi connectivity index (χ2v) is 9.01. The summed E-state index contributed by atoms with van der Waals surface area (Å²) in [7, 11) is 3.68.